The summed E-state index contributed by atoms with van der Waals surface area (Å²) in [5, 5.41) is 0. The Morgan fingerprint density at radius 3 is 2.15 bits per heavy atom. The summed E-state index contributed by atoms with van der Waals surface area (Å²) in [5.74, 6) is -0.0320. The van der Waals surface area contributed by atoms with Gasteiger partial charge in [-0.1, -0.05) is 31.5 Å². The average Bonchev–Trinajstić information content (AvgIpc) is 3.13. The maximum absolute atomic E-state index is 13.9. The van der Waals surface area contributed by atoms with Gasteiger partial charge in [0.2, 0.25) is 0 Å². The van der Waals surface area contributed by atoms with Crippen molar-refractivity contribution < 1.29 is 40.3 Å². The van der Waals surface area contributed by atoms with Crippen molar-refractivity contribution in [2.45, 2.75) is 83.8 Å². The number of halogens is 7. The number of hydrogen-bond donors (Lipinski definition) is 0. The molecule has 2 aliphatic rings. The SMILES string of the molecule is Cc1cc([C@H]2OC(=O)N(Cc3cc(C(F)(F)F)ccc3[C@@H](C(C)C)N3CCC(F)CC3)[C@H]2C)cc(C(F)(F)F)c1. The number of likely N-dealkylation sites (tertiary alicyclic amines) is 1. The molecule has 2 heterocycles. The van der Waals surface area contributed by atoms with Crippen LogP contribution in [-0.2, 0) is 23.6 Å². The molecule has 2 saturated heterocycles. The molecule has 4 nitrogen and oxygen atoms in total. The molecule has 0 aromatic heterocycles. The average molecular weight is 575 g/mol. The molecule has 4 rings (SSSR count). The first kappa shape index (κ1) is 30.1. The summed E-state index contributed by atoms with van der Waals surface area (Å²) in [5.41, 5.74) is -0.389. The zero-order chi connectivity index (χ0) is 29.6. The zero-order valence-electron chi connectivity index (χ0n) is 22.7. The second-order valence-electron chi connectivity index (χ2n) is 11.1. The Balaban J connectivity index is 1.70. The third-order valence-electron chi connectivity index (χ3n) is 7.76. The van der Waals surface area contributed by atoms with Gasteiger partial charge in [0, 0.05) is 25.7 Å². The van der Waals surface area contributed by atoms with Gasteiger partial charge in [0.05, 0.1) is 17.2 Å². The Morgan fingerprint density at radius 1 is 0.950 bits per heavy atom. The lowest BCUT2D eigenvalue weighted by molar-refractivity contribution is -0.138. The van der Waals surface area contributed by atoms with E-state index in [1.807, 2.05) is 13.8 Å². The minimum absolute atomic E-state index is 0.0320. The molecule has 0 saturated carbocycles. The standard InChI is InChI=1S/C29H33F7N2O2/c1-16(2)25(37-9-7-23(30)8-10-37)24-6-5-21(28(31,32)33)14-20(24)15-38-18(4)26(40-27(38)39)19-11-17(3)12-22(13-19)29(34,35)36/h5-6,11-14,16,18,23,25-26H,7-10,15H2,1-4H3/t18-,25+,26-/m0/s1. The second-order valence-corrected chi connectivity index (χ2v) is 11.1. The van der Waals surface area contributed by atoms with Crippen LogP contribution in [0.3, 0.4) is 0 Å². The first-order valence-electron chi connectivity index (χ1n) is 13.3. The van der Waals surface area contributed by atoms with E-state index in [0.29, 0.717) is 37.1 Å². The van der Waals surface area contributed by atoms with Crippen molar-refractivity contribution in [3.8, 4) is 0 Å². The van der Waals surface area contributed by atoms with E-state index < -0.39 is 47.9 Å². The molecule has 0 aliphatic carbocycles. The minimum Gasteiger partial charge on any atom is -0.439 e. The van der Waals surface area contributed by atoms with Crippen LogP contribution in [0.2, 0.25) is 0 Å². The van der Waals surface area contributed by atoms with Gasteiger partial charge in [0.15, 0.2) is 0 Å². The van der Waals surface area contributed by atoms with E-state index in [9.17, 15) is 35.5 Å². The summed E-state index contributed by atoms with van der Waals surface area (Å²) >= 11 is 0. The number of amides is 1. The predicted octanol–water partition coefficient (Wildman–Crippen LogP) is 8.25. The number of carbonyl (C=O) groups excluding carboxylic acids is 1. The van der Waals surface area contributed by atoms with Crippen molar-refractivity contribution in [3.05, 3.63) is 69.8 Å². The van der Waals surface area contributed by atoms with Gasteiger partial charge in [-0.05, 0) is 73.6 Å². The van der Waals surface area contributed by atoms with Gasteiger partial charge in [0.1, 0.15) is 12.3 Å². The van der Waals surface area contributed by atoms with Crippen LogP contribution in [0.1, 0.15) is 79.1 Å². The molecular weight excluding hydrogens is 541 g/mol. The number of nitrogens with zero attached hydrogens (tertiary/aromatic N) is 2. The van der Waals surface area contributed by atoms with E-state index in [4.69, 9.17) is 4.74 Å². The number of rotatable bonds is 6. The van der Waals surface area contributed by atoms with Gasteiger partial charge >= 0.3 is 18.4 Å². The number of carbonyl (C=O) groups is 1. The molecule has 2 aromatic carbocycles. The Kier molecular flexibility index (Phi) is 8.45. The molecule has 1 amide bonds. The first-order valence-corrected chi connectivity index (χ1v) is 13.3. The van der Waals surface area contributed by atoms with Gasteiger partial charge in [-0.2, -0.15) is 26.3 Å². The topological polar surface area (TPSA) is 32.8 Å². The summed E-state index contributed by atoms with van der Waals surface area (Å²) in [4.78, 5) is 16.3. The summed E-state index contributed by atoms with van der Waals surface area (Å²) in [7, 11) is 0. The number of cyclic esters (lactones) is 1. The summed E-state index contributed by atoms with van der Waals surface area (Å²) in [6, 6.07) is 5.82. The van der Waals surface area contributed by atoms with Crippen LogP contribution in [0.25, 0.3) is 0 Å². The molecule has 3 atom stereocenters. The number of benzene rings is 2. The zero-order valence-corrected chi connectivity index (χ0v) is 22.7. The fourth-order valence-electron chi connectivity index (χ4n) is 5.81. The highest BCUT2D eigenvalue weighted by Crippen LogP contribution is 2.41. The maximum atomic E-state index is 13.9. The Morgan fingerprint density at radius 2 is 1.57 bits per heavy atom. The second kappa shape index (κ2) is 11.2. The van der Waals surface area contributed by atoms with Crippen LogP contribution < -0.4 is 0 Å². The highest BCUT2D eigenvalue weighted by atomic mass is 19.4. The van der Waals surface area contributed by atoms with Crippen LogP contribution in [0.5, 0.6) is 0 Å². The fraction of sp³-hybridized carbons (Fsp3) is 0.552. The van der Waals surface area contributed by atoms with E-state index in [2.05, 4.69) is 4.90 Å². The van der Waals surface area contributed by atoms with Crippen LogP contribution >= 0.6 is 0 Å². The highest BCUT2D eigenvalue weighted by molar-refractivity contribution is 5.71. The lowest BCUT2D eigenvalue weighted by atomic mass is 9.88. The summed E-state index contributed by atoms with van der Waals surface area (Å²) in [6.07, 6.45) is -11.3. The Labute approximate surface area is 229 Å². The third-order valence-corrected chi connectivity index (χ3v) is 7.76. The monoisotopic (exact) mass is 574 g/mol. The summed E-state index contributed by atoms with van der Waals surface area (Å²) < 4.78 is 101. The van der Waals surface area contributed by atoms with Crippen molar-refractivity contribution in [2.24, 2.45) is 5.92 Å². The largest absolute Gasteiger partial charge is 0.439 e. The van der Waals surface area contributed by atoms with E-state index >= 15 is 0 Å². The van der Waals surface area contributed by atoms with E-state index in [1.165, 1.54) is 24.0 Å². The number of alkyl halides is 7. The summed E-state index contributed by atoms with van der Waals surface area (Å²) in [6.45, 7) is 7.65. The normalized spacial score (nSPS) is 22.2. The van der Waals surface area contributed by atoms with E-state index in [-0.39, 0.29) is 29.6 Å². The van der Waals surface area contributed by atoms with Gasteiger partial charge in [-0.25, -0.2) is 9.18 Å². The van der Waals surface area contributed by atoms with Gasteiger partial charge in [-0.3, -0.25) is 9.80 Å². The molecule has 220 valence electrons. The molecule has 0 radical (unpaired) electrons. The van der Waals surface area contributed by atoms with E-state index in [1.54, 1.807) is 6.92 Å². The smallest absolute Gasteiger partial charge is 0.416 e. The molecule has 2 fully saturated rings. The molecular formula is C29H33F7N2O2. The molecule has 0 unspecified atom stereocenters. The maximum Gasteiger partial charge on any atom is 0.416 e. The molecule has 2 aromatic rings. The molecule has 2 aliphatic heterocycles. The molecule has 0 bridgehead atoms. The van der Waals surface area contributed by atoms with Crippen LogP contribution in [0.4, 0.5) is 35.5 Å². The number of hydrogen-bond acceptors (Lipinski definition) is 3. The Bertz CT molecular complexity index is 1220. The number of ether oxygens (including phenoxy) is 1. The van der Waals surface area contributed by atoms with E-state index in [0.717, 1.165) is 24.3 Å². The van der Waals surface area contributed by atoms with Gasteiger partial charge in [-0.15, -0.1) is 0 Å². The van der Waals surface area contributed by atoms with Crippen molar-refractivity contribution in [2.75, 3.05) is 13.1 Å². The van der Waals surface area contributed by atoms with Crippen LogP contribution in [-0.4, -0.2) is 41.2 Å². The Hall–Kier alpha value is -2.82. The lowest BCUT2D eigenvalue weighted by Crippen LogP contribution is -2.40. The van der Waals surface area contributed by atoms with Crippen molar-refractivity contribution >= 4 is 6.09 Å². The van der Waals surface area contributed by atoms with Crippen molar-refractivity contribution in [1.82, 2.24) is 9.80 Å². The van der Waals surface area contributed by atoms with Crippen LogP contribution in [0, 0.1) is 12.8 Å². The molecule has 11 heteroatoms. The number of aryl methyl sites for hydroxylation is 1. The highest BCUT2D eigenvalue weighted by Gasteiger charge is 2.42. The molecule has 0 N–H and O–H groups in total. The first-order chi connectivity index (χ1) is 18.6. The van der Waals surface area contributed by atoms with Crippen LogP contribution in [0.15, 0.2) is 36.4 Å². The fourth-order valence-corrected chi connectivity index (χ4v) is 5.81. The predicted molar refractivity (Wildman–Crippen MR) is 135 cm³/mol. The third kappa shape index (κ3) is 6.39. The molecule has 40 heavy (non-hydrogen) atoms. The van der Waals surface area contributed by atoms with Gasteiger partial charge < -0.3 is 4.74 Å². The lowest BCUT2D eigenvalue weighted by Gasteiger charge is -2.39. The molecule has 0 spiro atoms. The quantitative estimate of drug-likeness (QED) is 0.326. The van der Waals surface area contributed by atoms with Gasteiger partial charge in [0.25, 0.3) is 0 Å². The number of piperidine rings is 1. The minimum atomic E-state index is -4.62. The van der Waals surface area contributed by atoms with Crippen molar-refractivity contribution in [1.29, 1.82) is 0 Å². The van der Waals surface area contributed by atoms with Crippen molar-refractivity contribution in [3.63, 3.8) is 0 Å².